The molecule has 148 valence electrons. The van der Waals surface area contributed by atoms with Gasteiger partial charge in [-0.1, -0.05) is 30.5 Å². The van der Waals surface area contributed by atoms with Crippen LogP contribution in [0, 0.1) is 0 Å². The lowest BCUT2D eigenvalue weighted by Crippen LogP contribution is -2.26. The highest BCUT2D eigenvalue weighted by atomic mass is 35.5. The molecule has 1 saturated heterocycles. The summed E-state index contributed by atoms with van der Waals surface area (Å²) < 4.78 is 3.79. The van der Waals surface area contributed by atoms with Crippen LogP contribution in [0.4, 0.5) is 5.95 Å². The maximum atomic E-state index is 12.7. The van der Waals surface area contributed by atoms with E-state index in [-0.39, 0.29) is 5.56 Å². The highest BCUT2D eigenvalue weighted by Gasteiger charge is 2.21. The van der Waals surface area contributed by atoms with E-state index in [2.05, 4.69) is 14.9 Å². The Morgan fingerprint density at radius 3 is 2.66 bits per heavy atom. The van der Waals surface area contributed by atoms with Gasteiger partial charge in [0, 0.05) is 30.5 Å². The van der Waals surface area contributed by atoms with Crippen molar-refractivity contribution < 1.29 is 0 Å². The normalized spacial score (nSPS) is 15.1. The number of pyridine rings is 1. The molecule has 3 aromatic heterocycles. The second kappa shape index (κ2) is 7.48. The molecule has 0 aliphatic carbocycles. The van der Waals surface area contributed by atoms with Crippen LogP contribution in [-0.4, -0.2) is 37.2 Å². The molecule has 8 heteroatoms. The molecule has 4 heterocycles. The number of anilines is 1. The van der Waals surface area contributed by atoms with Crippen LogP contribution in [0.5, 0.6) is 0 Å². The SMILES string of the molecule is O=c1nc2n(Cc3cccnc3)nc(N3CCCCCC3)n2c2ccc(Cl)cc12. The van der Waals surface area contributed by atoms with Gasteiger partial charge in [-0.25, -0.2) is 9.08 Å². The van der Waals surface area contributed by atoms with Crippen LogP contribution in [0.2, 0.25) is 5.02 Å². The molecular formula is C21H21ClN6O. The van der Waals surface area contributed by atoms with Gasteiger partial charge in [-0.3, -0.25) is 9.78 Å². The molecule has 1 aromatic carbocycles. The van der Waals surface area contributed by atoms with Gasteiger partial charge in [0.15, 0.2) is 0 Å². The predicted octanol–water partition coefficient (Wildman–Crippen LogP) is 3.52. The van der Waals surface area contributed by atoms with E-state index >= 15 is 0 Å². The van der Waals surface area contributed by atoms with E-state index in [0.717, 1.165) is 43.0 Å². The van der Waals surface area contributed by atoms with Crippen molar-refractivity contribution >= 4 is 34.2 Å². The van der Waals surface area contributed by atoms with Gasteiger partial charge in [-0.2, -0.15) is 4.98 Å². The predicted molar refractivity (Wildman–Crippen MR) is 114 cm³/mol. The summed E-state index contributed by atoms with van der Waals surface area (Å²) in [6.45, 7) is 2.39. The molecule has 0 N–H and O–H groups in total. The average Bonchev–Trinajstić information content (AvgIpc) is 2.91. The molecule has 0 atom stereocenters. The second-order valence-corrected chi connectivity index (χ2v) is 7.87. The number of rotatable bonds is 3. The molecule has 5 rings (SSSR count). The summed E-state index contributed by atoms with van der Waals surface area (Å²) >= 11 is 6.15. The van der Waals surface area contributed by atoms with Crippen LogP contribution in [0.15, 0.2) is 47.5 Å². The lowest BCUT2D eigenvalue weighted by atomic mass is 10.2. The minimum Gasteiger partial charge on any atom is -0.341 e. The Hall–Kier alpha value is -2.93. The largest absolute Gasteiger partial charge is 0.341 e. The highest BCUT2D eigenvalue weighted by Crippen LogP contribution is 2.25. The van der Waals surface area contributed by atoms with Gasteiger partial charge in [0.2, 0.25) is 11.7 Å². The molecule has 1 aliphatic heterocycles. The Morgan fingerprint density at radius 2 is 1.90 bits per heavy atom. The molecule has 0 unspecified atom stereocenters. The van der Waals surface area contributed by atoms with E-state index in [4.69, 9.17) is 16.7 Å². The van der Waals surface area contributed by atoms with Crippen molar-refractivity contribution in [3.63, 3.8) is 0 Å². The number of fused-ring (bicyclic) bond motifs is 3. The third-order valence-corrected chi connectivity index (χ3v) is 5.65. The second-order valence-electron chi connectivity index (χ2n) is 7.43. The zero-order chi connectivity index (χ0) is 19.8. The van der Waals surface area contributed by atoms with Gasteiger partial charge < -0.3 is 4.90 Å². The monoisotopic (exact) mass is 408 g/mol. The van der Waals surface area contributed by atoms with E-state index < -0.39 is 0 Å². The third-order valence-electron chi connectivity index (χ3n) is 5.42. The van der Waals surface area contributed by atoms with E-state index in [0.29, 0.717) is 22.7 Å². The topological polar surface area (TPSA) is 68.3 Å². The molecule has 0 saturated carbocycles. The van der Waals surface area contributed by atoms with E-state index in [1.165, 1.54) is 12.8 Å². The van der Waals surface area contributed by atoms with Crippen molar-refractivity contribution in [2.24, 2.45) is 0 Å². The smallest absolute Gasteiger partial charge is 0.282 e. The molecule has 7 nitrogen and oxygen atoms in total. The van der Waals surface area contributed by atoms with Gasteiger partial charge in [0.25, 0.3) is 5.56 Å². The standard InChI is InChI=1S/C21H21ClN6O/c22-16-7-8-18-17(12-16)19(29)24-20-27(14-15-6-5-9-23-13-15)25-21(28(18)20)26-10-3-1-2-4-11-26/h5-9,12-13H,1-4,10-11,14H2. The molecule has 0 amide bonds. The Labute approximate surface area is 172 Å². The van der Waals surface area contributed by atoms with E-state index in [1.807, 2.05) is 28.8 Å². The first-order chi connectivity index (χ1) is 14.2. The first-order valence-electron chi connectivity index (χ1n) is 9.93. The highest BCUT2D eigenvalue weighted by molar-refractivity contribution is 6.31. The summed E-state index contributed by atoms with van der Waals surface area (Å²) in [5.74, 6) is 1.36. The molecule has 1 aliphatic rings. The minimum absolute atomic E-state index is 0.294. The number of aromatic nitrogens is 5. The molecule has 1 fully saturated rings. The van der Waals surface area contributed by atoms with Crippen molar-refractivity contribution in [2.45, 2.75) is 32.2 Å². The van der Waals surface area contributed by atoms with Crippen LogP contribution in [0.1, 0.15) is 31.2 Å². The van der Waals surface area contributed by atoms with Gasteiger partial charge in [0.05, 0.1) is 17.4 Å². The number of nitrogens with zero attached hydrogens (tertiary/aromatic N) is 6. The fourth-order valence-corrected chi connectivity index (χ4v) is 4.17. The lowest BCUT2D eigenvalue weighted by molar-refractivity contribution is 0.683. The fourth-order valence-electron chi connectivity index (χ4n) is 4.00. The van der Waals surface area contributed by atoms with Crippen molar-refractivity contribution in [3.8, 4) is 0 Å². The number of hydrogen-bond acceptors (Lipinski definition) is 5. The van der Waals surface area contributed by atoms with Crippen molar-refractivity contribution in [2.75, 3.05) is 18.0 Å². The molecule has 0 spiro atoms. The molecule has 4 aromatic rings. The van der Waals surface area contributed by atoms with Crippen LogP contribution >= 0.6 is 11.6 Å². The Balaban J connectivity index is 1.76. The lowest BCUT2D eigenvalue weighted by Gasteiger charge is -2.20. The van der Waals surface area contributed by atoms with E-state index in [1.54, 1.807) is 23.0 Å². The summed E-state index contributed by atoms with van der Waals surface area (Å²) in [5, 5.41) is 5.94. The van der Waals surface area contributed by atoms with Crippen LogP contribution in [0.3, 0.4) is 0 Å². The molecular weight excluding hydrogens is 388 g/mol. The first kappa shape index (κ1) is 18.1. The van der Waals surface area contributed by atoms with Gasteiger partial charge in [-0.05, 0) is 42.7 Å². The molecule has 29 heavy (non-hydrogen) atoms. The van der Waals surface area contributed by atoms with E-state index in [9.17, 15) is 4.79 Å². The van der Waals surface area contributed by atoms with Gasteiger partial charge >= 0.3 is 0 Å². The van der Waals surface area contributed by atoms with Crippen molar-refractivity contribution in [3.05, 3.63) is 63.7 Å². The number of hydrogen-bond donors (Lipinski definition) is 0. The van der Waals surface area contributed by atoms with Crippen molar-refractivity contribution in [1.82, 2.24) is 24.1 Å². The maximum Gasteiger partial charge on any atom is 0.282 e. The summed E-state index contributed by atoms with van der Waals surface area (Å²) in [4.78, 5) is 23.6. The summed E-state index contributed by atoms with van der Waals surface area (Å²) in [5.41, 5.74) is 1.49. The minimum atomic E-state index is -0.294. The quantitative estimate of drug-likeness (QED) is 0.518. The van der Waals surface area contributed by atoms with Crippen LogP contribution < -0.4 is 10.5 Å². The van der Waals surface area contributed by atoms with Crippen LogP contribution in [0.25, 0.3) is 16.7 Å². The molecule has 0 radical (unpaired) electrons. The number of halogens is 1. The Morgan fingerprint density at radius 1 is 1.07 bits per heavy atom. The average molecular weight is 409 g/mol. The van der Waals surface area contributed by atoms with Crippen molar-refractivity contribution in [1.29, 1.82) is 0 Å². The summed E-state index contributed by atoms with van der Waals surface area (Å²) in [6.07, 6.45) is 8.28. The third kappa shape index (κ3) is 3.35. The first-order valence-corrected chi connectivity index (χ1v) is 10.3. The van der Waals surface area contributed by atoms with Gasteiger partial charge in [-0.15, -0.1) is 5.10 Å². The van der Waals surface area contributed by atoms with Crippen LogP contribution in [-0.2, 0) is 6.54 Å². The maximum absolute atomic E-state index is 12.7. The number of benzene rings is 1. The zero-order valence-corrected chi connectivity index (χ0v) is 16.7. The van der Waals surface area contributed by atoms with Gasteiger partial charge in [0.1, 0.15) is 0 Å². The Kier molecular flexibility index (Phi) is 4.67. The Bertz CT molecular complexity index is 1220. The fraction of sp³-hybridized carbons (Fsp3) is 0.333. The summed E-state index contributed by atoms with van der Waals surface area (Å²) in [6, 6.07) is 9.26. The summed E-state index contributed by atoms with van der Waals surface area (Å²) in [7, 11) is 0. The zero-order valence-electron chi connectivity index (χ0n) is 16.0. The molecule has 0 bridgehead atoms.